The van der Waals surface area contributed by atoms with Gasteiger partial charge in [-0.2, -0.15) is 0 Å². The fraction of sp³-hybridized carbons (Fsp3) is 0.0606. The second-order valence-corrected chi connectivity index (χ2v) is 9.25. The van der Waals surface area contributed by atoms with Crippen LogP contribution < -0.4 is 0 Å². The Hall–Kier alpha value is -4.83. The number of nitrogens with zero attached hydrogens (tertiary/aromatic N) is 3. The van der Waals surface area contributed by atoms with Gasteiger partial charge >= 0.3 is 0 Å². The minimum Gasteiger partial charge on any atom is -0.436 e. The molecule has 4 heteroatoms. The van der Waals surface area contributed by atoms with Gasteiger partial charge in [0.1, 0.15) is 5.52 Å². The van der Waals surface area contributed by atoms with Crippen molar-refractivity contribution in [1.29, 1.82) is 0 Å². The van der Waals surface area contributed by atoms with Gasteiger partial charge in [-0.3, -0.25) is 0 Å². The highest BCUT2D eigenvalue weighted by Crippen LogP contribution is 2.35. The average molecular weight is 478 g/mol. The Bertz CT molecular complexity index is 1760. The van der Waals surface area contributed by atoms with Crippen LogP contribution in [-0.2, 0) is 0 Å². The van der Waals surface area contributed by atoms with E-state index in [1.165, 1.54) is 5.56 Å². The summed E-state index contributed by atoms with van der Waals surface area (Å²) in [6.07, 6.45) is 7.64. The van der Waals surface area contributed by atoms with Gasteiger partial charge in [0, 0.05) is 17.0 Å². The van der Waals surface area contributed by atoms with E-state index in [0.717, 1.165) is 56.6 Å². The normalized spacial score (nSPS) is 15.2. The summed E-state index contributed by atoms with van der Waals surface area (Å²) in [5.74, 6) is 0.951. The standard InChI is InChI=1S/C33H23N3O/c1-2-8-24(9-3-1)31-32(35-28-11-5-4-10-27(28)34-31)25-18-14-22(15-19-25)23-16-20-26(21-17-23)33-36-29-12-6-7-13-30(29)37-33/h1-14,16-22H,15H2. The molecule has 0 radical (unpaired) electrons. The molecule has 0 saturated heterocycles. The molecule has 6 aromatic rings. The van der Waals surface area contributed by atoms with E-state index in [1.807, 2.05) is 66.7 Å². The molecule has 1 atom stereocenters. The topological polar surface area (TPSA) is 51.8 Å². The van der Waals surface area contributed by atoms with Crippen LogP contribution in [-0.4, -0.2) is 15.0 Å². The Kier molecular flexibility index (Phi) is 5.21. The van der Waals surface area contributed by atoms with Crippen LogP contribution in [0.3, 0.4) is 0 Å². The molecule has 1 aliphatic rings. The van der Waals surface area contributed by atoms with Crippen molar-refractivity contribution in [2.45, 2.75) is 12.3 Å². The van der Waals surface area contributed by atoms with Gasteiger partial charge in [0.15, 0.2) is 5.58 Å². The van der Waals surface area contributed by atoms with E-state index in [-0.39, 0.29) is 0 Å². The quantitative estimate of drug-likeness (QED) is 0.257. The summed E-state index contributed by atoms with van der Waals surface area (Å²) in [5, 5.41) is 0. The zero-order valence-electron chi connectivity index (χ0n) is 20.1. The molecule has 0 saturated carbocycles. The van der Waals surface area contributed by atoms with Gasteiger partial charge in [-0.25, -0.2) is 15.0 Å². The summed E-state index contributed by atoms with van der Waals surface area (Å²) in [7, 11) is 0. The molecule has 4 aromatic carbocycles. The molecule has 1 aliphatic carbocycles. The van der Waals surface area contributed by atoms with Crippen LogP contribution in [0.2, 0.25) is 0 Å². The maximum atomic E-state index is 5.93. The minimum atomic E-state index is 0.301. The van der Waals surface area contributed by atoms with E-state index in [9.17, 15) is 0 Å². The summed E-state index contributed by atoms with van der Waals surface area (Å²) in [5.41, 5.74) is 9.75. The summed E-state index contributed by atoms with van der Waals surface area (Å²) in [6, 6.07) is 34.7. The Morgan fingerprint density at radius 3 is 1.97 bits per heavy atom. The van der Waals surface area contributed by atoms with E-state index >= 15 is 0 Å². The van der Waals surface area contributed by atoms with E-state index in [1.54, 1.807) is 0 Å². The molecule has 0 fully saturated rings. The van der Waals surface area contributed by atoms with E-state index in [0.29, 0.717) is 11.8 Å². The SMILES string of the molecule is C1=CC(c2ccc(-c3nc4ccccc4o3)cc2)CC=C1c1nc2ccccc2nc1-c1ccccc1. The van der Waals surface area contributed by atoms with Crippen molar-refractivity contribution in [3.05, 3.63) is 133 Å². The predicted molar refractivity (Wildman–Crippen MR) is 149 cm³/mol. The average Bonchev–Trinajstić information content (AvgIpc) is 3.42. The Morgan fingerprint density at radius 1 is 0.595 bits per heavy atom. The number of oxazole rings is 1. The first kappa shape index (κ1) is 21.5. The molecule has 1 unspecified atom stereocenters. The van der Waals surface area contributed by atoms with Crippen molar-refractivity contribution in [1.82, 2.24) is 15.0 Å². The number of fused-ring (bicyclic) bond motifs is 2. The van der Waals surface area contributed by atoms with Gasteiger partial charge in [0.2, 0.25) is 5.89 Å². The number of para-hydroxylation sites is 4. The third-order valence-electron chi connectivity index (χ3n) is 6.87. The summed E-state index contributed by atoms with van der Waals surface area (Å²) < 4.78 is 5.93. The molecule has 2 aromatic heterocycles. The lowest BCUT2D eigenvalue weighted by Crippen LogP contribution is -2.02. The van der Waals surface area contributed by atoms with E-state index in [4.69, 9.17) is 14.4 Å². The largest absolute Gasteiger partial charge is 0.436 e. The number of hydrogen-bond acceptors (Lipinski definition) is 4. The van der Waals surface area contributed by atoms with Crippen molar-refractivity contribution in [3.8, 4) is 22.7 Å². The third kappa shape index (κ3) is 4.03. The Balaban J connectivity index is 1.18. The molecule has 2 heterocycles. The number of aromatic nitrogens is 3. The van der Waals surface area contributed by atoms with Crippen LogP contribution in [0.15, 0.2) is 126 Å². The molecule has 37 heavy (non-hydrogen) atoms. The fourth-order valence-corrected chi connectivity index (χ4v) is 4.91. The second kappa shape index (κ2) is 8.99. The fourth-order valence-electron chi connectivity index (χ4n) is 4.91. The van der Waals surface area contributed by atoms with Crippen LogP contribution in [0, 0.1) is 0 Å². The predicted octanol–water partition coefficient (Wildman–Crippen LogP) is 8.23. The third-order valence-corrected chi connectivity index (χ3v) is 6.87. The van der Waals surface area contributed by atoms with Gasteiger partial charge in [0.05, 0.1) is 22.4 Å². The van der Waals surface area contributed by atoms with Crippen molar-refractivity contribution in [2.24, 2.45) is 0 Å². The highest BCUT2D eigenvalue weighted by molar-refractivity contribution is 5.87. The maximum Gasteiger partial charge on any atom is 0.227 e. The van der Waals surface area contributed by atoms with E-state index in [2.05, 4.69) is 59.6 Å². The number of allylic oxidation sites excluding steroid dienone is 4. The lowest BCUT2D eigenvalue weighted by Gasteiger charge is -2.18. The second-order valence-electron chi connectivity index (χ2n) is 9.25. The van der Waals surface area contributed by atoms with Gasteiger partial charge in [0.25, 0.3) is 0 Å². The molecule has 0 amide bonds. The number of rotatable bonds is 4. The Morgan fingerprint density at radius 2 is 1.27 bits per heavy atom. The first-order valence-electron chi connectivity index (χ1n) is 12.5. The smallest absolute Gasteiger partial charge is 0.227 e. The van der Waals surface area contributed by atoms with Crippen LogP contribution in [0.5, 0.6) is 0 Å². The zero-order chi connectivity index (χ0) is 24.6. The summed E-state index contributed by atoms with van der Waals surface area (Å²) in [6.45, 7) is 0. The summed E-state index contributed by atoms with van der Waals surface area (Å²) >= 11 is 0. The van der Waals surface area contributed by atoms with Crippen molar-refractivity contribution < 1.29 is 4.42 Å². The van der Waals surface area contributed by atoms with Gasteiger partial charge in [-0.15, -0.1) is 0 Å². The van der Waals surface area contributed by atoms with Crippen LogP contribution in [0.4, 0.5) is 0 Å². The highest BCUT2D eigenvalue weighted by atomic mass is 16.3. The number of hydrogen-bond donors (Lipinski definition) is 0. The Labute approximate surface area is 214 Å². The number of benzene rings is 4. The van der Waals surface area contributed by atoms with E-state index < -0.39 is 0 Å². The minimum absolute atomic E-state index is 0.301. The summed E-state index contributed by atoms with van der Waals surface area (Å²) in [4.78, 5) is 14.7. The van der Waals surface area contributed by atoms with Crippen molar-refractivity contribution in [2.75, 3.05) is 0 Å². The van der Waals surface area contributed by atoms with Crippen molar-refractivity contribution in [3.63, 3.8) is 0 Å². The molecule has 0 N–H and O–H groups in total. The molecule has 0 aliphatic heterocycles. The highest BCUT2D eigenvalue weighted by Gasteiger charge is 2.18. The van der Waals surface area contributed by atoms with Crippen LogP contribution in [0.25, 0.3) is 50.4 Å². The monoisotopic (exact) mass is 477 g/mol. The van der Waals surface area contributed by atoms with Gasteiger partial charge in [-0.1, -0.05) is 85.0 Å². The molecular weight excluding hydrogens is 454 g/mol. The molecule has 7 rings (SSSR count). The zero-order valence-corrected chi connectivity index (χ0v) is 20.1. The van der Waals surface area contributed by atoms with Crippen LogP contribution >= 0.6 is 0 Å². The lowest BCUT2D eigenvalue weighted by molar-refractivity contribution is 0.620. The van der Waals surface area contributed by atoms with Gasteiger partial charge in [-0.05, 0) is 54.0 Å². The first-order valence-corrected chi connectivity index (χ1v) is 12.5. The van der Waals surface area contributed by atoms with Gasteiger partial charge < -0.3 is 4.42 Å². The molecule has 0 bridgehead atoms. The van der Waals surface area contributed by atoms with Crippen molar-refractivity contribution >= 4 is 27.7 Å². The molecule has 0 spiro atoms. The molecule has 4 nitrogen and oxygen atoms in total. The lowest BCUT2D eigenvalue weighted by atomic mass is 9.88. The maximum absolute atomic E-state index is 5.93. The first-order chi connectivity index (χ1) is 18.3. The molecular formula is C33H23N3O. The van der Waals surface area contributed by atoms with Crippen LogP contribution in [0.1, 0.15) is 23.6 Å². The molecule has 176 valence electrons.